The molecule has 2 heterocycles. The van der Waals surface area contributed by atoms with Gasteiger partial charge < -0.3 is 4.90 Å². The molecule has 1 aromatic heterocycles. The molecule has 112 valence electrons. The second-order valence-corrected chi connectivity index (χ2v) is 5.75. The first-order chi connectivity index (χ1) is 10.4. The van der Waals surface area contributed by atoms with Crippen LogP contribution < -0.4 is 4.90 Å². The van der Waals surface area contributed by atoms with Crippen LogP contribution in [0.1, 0.15) is 26.2 Å². The molecule has 0 spiro atoms. The normalized spacial score (nSPS) is 16.5. The molecule has 21 heavy (non-hydrogen) atoms. The zero-order chi connectivity index (χ0) is 14.5. The maximum Gasteiger partial charge on any atom is 0.139 e. The van der Waals surface area contributed by atoms with Crippen molar-refractivity contribution >= 4 is 16.7 Å². The lowest BCUT2D eigenvalue weighted by molar-refractivity contribution is 0.252. The van der Waals surface area contributed by atoms with Crippen LogP contribution in [0.3, 0.4) is 0 Å². The summed E-state index contributed by atoms with van der Waals surface area (Å²) in [5.41, 5.74) is 1.04. The number of hydrogen-bond donors (Lipinski definition) is 0. The average Bonchev–Trinajstić information content (AvgIpc) is 2.55. The Labute approximate surface area is 126 Å². The van der Waals surface area contributed by atoms with Crippen LogP contribution in [-0.4, -0.2) is 47.6 Å². The first-order valence-electron chi connectivity index (χ1n) is 8.05. The Bertz CT molecular complexity index is 571. The van der Waals surface area contributed by atoms with Crippen molar-refractivity contribution in [3.05, 3.63) is 30.6 Å². The van der Waals surface area contributed by atoms with Gasteiger partial charge in [0, 0.05) is 31.6 Å². The number of benzene rings is 1. The first kappa shape index (κ1) is 14.3. The van der Waals surface area contributed by atoms with Crippen LogP contribution in [0.4, 0.5) is 5.82 Å². The summed E-state index contributed by atoms with van der Waals surface area (Å²) in [4.78, 5) is 13.9. The Morgan fingerprint density at radius 2 is 1.81 bits per heavy atom. The van der Waals surface area contributed by atoms with Crippen LogP contribution in [-0.2, 0) is 0 Å². The van der Waals surface area contributed by atoms with Crippen molar-refractivity contribution in [1.29, 1.82) is 0 Å². The number of rotatable bonds is 5. The van der Waals surface area contributed by atoms with E-state index in [-0.39, 0.29) is 0 Å². The van der Waals surface area contributed by atoms with E-state index in [1.165, 1.54) is 31.2 Å². The van der Waals surface area contributed by atoms with Gasteiger partial charge in [0.05, 0.1) is 5.52 Å². The van der Waals surface area contributed by atoms with E-state index in [9.17, 15) is 0 Å². The highest BCUT2D eigenvalue weighted by atomic mass is 15.3. The number of para-hydroxylation sites is 1. The third-order valence-corrected chi connectivity index (χ3v) is 4.27. The van der Waals surface area contributed by atoms with E-state index in [0.717, 1.165) is 37.5 Å². The fourth-order valence-electron chi connectivity index (χ4n) is 3.01. The van der Waals surface area contributed by atoms with E-state index < -0.39 is 0 Å². The van der Waals surface area contributed by atoms with Crippen LogP contribution in [0.25, 0.3) is 10.9 Å². The van der Waals surface area contributed by atoms with Gasteiger partial charge in [0.15, 0.2) is 0 Å². The third kappa shape index (κ3) is 3.32. The zero-order valence-corrected chi connectivity index (χ0v) is 12.8. The maximum atomic E-state index is 4.53. The summed E-state index contributed by atoms with van der Waals surface area (Å²) in [6.45, 7) is 7.91. The predicted octanol–water partition coefficient (Wildman–Crippen LogP) is 2.94. The molecule has 1 saturated heterocycles. The highest BCUT2D eigenvalue weighted by Crippen LogP contribution is 2.23. The van der Waals surface area contributed by atoms with Crippen LogP contribution in [0.5, 0.6) is 0 Å². The number of fused-ring (bicyclic) bond motifs is 1. The monoisotopic (exact) mass is 284 g/mol. The molecule has 1 aromatic carbocycles. The Kier molecular flexibility index (Phi) is 4.65. The molecule has 0 aliphatic carbocycles. The molecule has 0 unspecified atom stereocenters. The maximum absolute atomic E-state index is 4.53. The summed E-state index contributed by atoms with van der Waals surface area (Å²) < 4.78 is 0. The van der Waals surface area contributed by atoms with Crippen molar-refractivity contribution < 1.29 is 0 Å². The SMILES string of the molecule is CCCCCN1CCN(c2ncnc3ccccc23)CC1. The Morgan fingerprint density at radius 1 is 1.00 bits per heavy atom. The summed E-state index contributed by atoms with van der Waals surface area (Å²) in [6.07, 6.45) is 5.65. The summed E-state index contributed by atoms with van der Waals surface area (Å²) in [6, 6.07) is 8.28. The Hall–Kier alpha value is -1.68. The second kappa shape index (κ2) is 6.85. The molecule has 4 nitrogen and oxygen atoms in total. The van der Waals surface area contributed by atoms with E-state index in [4.69, 9.17) is 0 Å². The van der Waals surface area contributed by atoms with Crippen molar-refractivity contribution in [2.45, 2.75) is 26.2 Å². The van der Waals surface area contributed by atoms with Gasteiger partial charge in [0.25, 0.3) is 0 Å². The number of anilines is 1. The van der Waals surface area contributed by atoms with Crippen molar-refractivity contribution in [2.75, 3.05) is 37.6 Å². The van der Waals surface area contributed by atoms with E-state index in [1.807, 2.05) is 6.07 Å². The molecule has 0 bridgehead atoms. The van der Waals surface area contributed by atoms with Crippen molar-refractivity contribution in [1.82, 2.24) is 14.9 Å². The smallest absolute Gasteiger partial charge is 0.139 e. The first-order valence-corrected chi connectivity index (χ1v) is 8.05. The van der Waals surface area contributed by atoms with E-state index in [1.54, 1.807) is 6.33 Å². The number of hydrogen-bond acceptors (Lipinski definition) is 4. The molecule has 3 rings (SSSR count). The average molecular weight is 284 g/mol. The molecule has 4 heteroatoms. The largest absolute Gasteiger partial charge is 0.353 e. The molecule has 1 fully saturated rings. The van der Waals surface area contributed by atoms with Crippen LogP contribution >= 0.6 is 0 Å². The van der Waals surface area contributed by atoms with E-state index in [2.05, 4.69) is 44.9 Å². The molecule has 0 radical (unpaired) electrons. The molecule has 0 saturated carbocycles. The predicted molar refractivity (Wildman–Crippen MR) is 87.7 cm³/mol. The van der Waals surface area contributed by atoms with Crippen LogP contribution in [0, 0.1) is 0 Å². The third-order valence-electron chi connectivity index (χ3n) is 4.27. The molecule has 1 aliphatic rings. The lowest BCUT2D eigenvalue weighted by Crippen LogP contribution is -2.47. The summed E-state index contributed by atoms with van der Waals surface area (Å²) in [5, 5.41) is 1.17. The minimum Gasteiger partial charge on any atom is -0.353 e. The van der Waals surface area contributed by atoms with Gasteiger partial charge in [-0.25, -0.2) is 9.97 Å². The quantitative estimate of drug-likeness (QED) is 0.790. The van der Waals surface area contributed by atoms with Crippen LogP contribution in [0.2, 0.25) is 0 Å². The van der Waals surface area contributed by atoms with Gasteiger partial charge in [-0.15, -0.1) is 0 Å². The molecule has 1 aliphatic heterocycles. The van der Waals surface area contributed by atoms with Gasteiger partial charge in [-0.05, 0) is 25.1 Å². The molecular formula is C17H24N4. The minimum atomic E-state index is 1.04. The zero-order valence-electron chi connectivity index (χ0n) is 12.8. The highest BCUT2D eigenvalue weighted by Gasteiger charge is 2.19. The molecule has 0 atom stereocenters. The van der Waals surface area contributed by atoms with Gasteiger partial charge in [0.2, 0.25) is 0 Å². The van der Waals surface area contributed by atoms with Gasteiger partial charge in [-0.1, -0.05) is 31.9 Å². The van der Waals surface area contributed by atoms with Crippen molar-refractivity contribution in [3.8, 4) is 0 Å². The summed E-state index contributed by atoms with van der Waals surface area (Å²) in [7, 11) is 0. The molecule has 0 N–H and O–H groups in total. The Balaban J connectivity index is 1.66. The van der Waals surface area contributed by atoms with Gasteiger partial charge in [0.1, 0.15) is 12.1 Å². The standard InChI is InChI=1S/C17H24N4/c1-2-3-6-9-20-10-12-21(13-11-20)17-15-7-4-5-8-16(15)18-14-19-17/h4-5,7-8,14H,2-3,6,9-13H2,1H3. The van der Waals surface area contributed by atoms with E-state index in [0.29, 0.717) is 0 Å². The Morgan fingerprint density at radius 3 is 2.62 bits per heavy atom. The second-order valence-electron chi connectivity index (χ2n) is 5.75. The van der Waals surface area contributed by atoms with Gasteiger partial charge in [-0.3, -0.25) is 4.90 Å². The van der Waals surface area contributed by atoms with Crippen molar-refractivity contribution in [2.24, 2.45) is 0 Å². The number of aromatic nitrogens is 2. The summed E-state index contributed by atoms with van der Waals surface area (Å²) in [5.74, 6) is 1.09. The fraction of sp³-hybridized carbons (Fsp3) is 0.529. The number of nitrogens with zero attached hydrogens (tertiary/aromatic N) is 4. The van der Waals surface area contributed by atoms with E-state index >= 15 is 0 Å². The minimum absolute atomic E-state index is 1.04. The van der Waals surface area contributed by atoms with Crippen molar-refractivity contribution in [3.63, 3.8) is 0 Å². The number of piperazine rings is 1. The topological polar surface area (TPSA) is 32.3 Å². The highest BCUT2D eigenvalue weighted by molar-refractivity contribution is 5.89. The fourth-order valence-corrected chi connectivity index (χ4v) is 3.01. The summed E-state index contributed by atoms with van der Waals surface area (Å²) >= 11 is 0. The van der Waals surface area contributed by atoms with Gasteiger partial charge in [-0.2, -0.15) is 0 Å². The lowest BCUT2D eigenvalue weighted by Gasteiger charge is -2.35. The molecule has 0 amide bonds. The van der Waals surface area contributed by atoms with Gasteiger partial charge >= 0.3 is 0 Å². The van der Waals surface area contributed by atoms with Crippen LogP contribution in [0.15, 0.2) is 30.6 Å². The lowest BCUT2D eigenvalue weighted by atomic mass is 10.2. The molecular weight excluding hydrogens is 260 g/mol. The number of unbranched alkanes of at least 4 members (excludes halogenated alkanes) is 2. The molecule has 2 aromatic rings.